The number of unbranched alkanes of at least 4 members (excludes halogenated alkanes) is 15. The van der Waals surface area contributed by atoms with E-state index in [1.54, 1.807) is 0 Å². The fourth-order valence-electron chi connectivity index (χ4n) is 3.17. The van der Waals surface area contributed by atoms with Crippen molar-refractivity contribution in [2.45, 2.75) is 156 Å². The third-order valence-electron chi connectivity index (χ3n) is 5.23. The summed E-state index contributed by atoms with van der Waals surface area (Å²) in [6.45, 7) is 6.53. The molecule has 0 radical (unpaired) electrons. The van der Waals surface area contributed by atoms with E-state index in [4.69, 9.17) is 15.3 Å². The van der Waals surface area contributed by atoms with E-state index in [-0.39, 0.29) is 18.0 Å². The molecule has 0 saturated carbocycles. The zero-order valence-corrected chi connectivity index (χ0v) is 25.6. The Morgan fingerprint density at radius 1 is 0.382 bits per heavy atom. The number of carboxylic acids is 3. The molecular weight excluding hydrogens is 495 g/mol. The van der Waals surface area contributed by atoms with Crippen molar-refractivity contribution >= 4 is 35.9 Å². The van der Waals surface area contributed by atoms with Crippen molar-refractivity contribution in [1.82, 2.24) is 0 Å². The standard InChI is InChI=1S/3C9H18O2.AsH3/c3*1-2-3-4-5-6-7-8-9(10)11;/h3*2-8H2,1H3,(H,10,11);1H3. The summed E-state index contributed by atoms with van der Waals surface area (Å²) in [5.74, 6) is -2.00. The third-order valence-corrected chi connectivity index (χ3v) is 5.23. The molecule has 0 rings (SSSR count). The summed E-state index contributed by atoms with van der Waals surface area (Å²) in [7, 11) is 0. The molecule has 0 saturated heterocycles. The summed E-state index contributed by atoms with van der Waals surface area (Å²) in [6, 6.07) is 0. The van der Waals surface area contributed by atoms with Crippen molar-refractivity contribution in [3.05, 3.63) is 0 Å². The molecule has 0 aliphatic rings. The monoisotopic (exact) mass is 552 g/mol. The zero-order chi connectivity index (χ0) is 25.6. The molecule has 0 amide bonds. The van der Waals surface area contributed by atoms with Gasteiger partial charge in [0.05, 0.1) is 0 Å². The van der Waals surface area contributed by atoms with Gasteiger partial charge in [0.1, 0.15) is 0 Å². The molecule has 0 aromatic carbocycles. The molecule has 0 aliphatic heterocycles. The Balaban J connectivity index is -0.000000196. The number of carboxylic acid groups (broad SMARTS) is 3. The molecule has 7 heteroatoms. The van der Waals surface area contributed by atoms with E-state index in [0.29, 0.717) is 19.3 Å². The van der Waals surface area contributed by atoms with E-state index < -0.39 is 17.9 Å². The van der Waals surface area contributed by atoms with Crippen LogP contribution in [0.5, 0.6) is 0 Å². The summed E-state index contributed by atoms with van der Waals surface area (Å²) in [5, 5.41) is 24.9. The maximum atomic E-state index is 10.1. The molecule has 1 atom stereocenters. The first-order valence-electron chi connectivity index (χ1n) is 13.5. The predicted octanol–water partition coefficient (Wildman–Crippen LogP) is 7.28. The molecule has 0 aromatic heterocycles. The van der Waals surface area contributed by atoms with Gasteiger partial charge in [-0.15, -0.1) is 0 Å². The van der Waals surface area contributed by atoms with Crippen molar-refractivity contribution in [1.29, 1.82) is 0 Å². The second-order valence-electron chi connectivity index (χ2n) is 8.73. The molecule has 0 fully saturated rings. The van der Waals surface area contributed by atoms with Gasteiger partial charge in [-0.05, 0) is 19.3 Å². The van der Waals surface area contributed by atoms with E-state index in [1.165, 1.54) is 77.0 Å². The molecule has 0 aliphatic carbocycles. The fraction of sp³-hybridized carbons (Fsp3) is 0.889. The first-order valence-corrected chi connectivity index (χ1v) is 13.5. The minimum atomic E-state index is -0.666. The Bertz CT molecular complexity index is 368. The van der Waals surface area contributed by atoms with E-state index in [1.807, 2.05) is 0 Å². The molecule has 0 heterocycles. The summed E-state index contributed by atoms with van der Waals surface area (Å²) in [6.07, 6.45) is 21.8. The number of hydrogen-bond acceptors (Lipinski definition) is 3. The summed E-state index contributed by atoms with van der Waals surface area (Å²) >= 11 is 0. The Hall–Kier alpha value is -1.03. The van der Waals surface area contributed by atoms with Gasteiger partial charge >= 0.3 is 35.9 Å². The van der Waals surface area contributed by atoms with Gasteiger partial charge in [-0.25, -0.2) is 0 Å². The molecule has 0 aromatic rings. The molecule has 0 bridgehead atoms. The van der Waals surface area contributed by atoms with Gasteiger partial charge in [-0.1, -0.05) is 117 Å². The Morgan fingerprint density at radius 3 is 0.735 bits per heavy atom. The van der Waals surface area contributed by atoms with Crippen LogP contribution in [0.2, 0.25) is 0 Å². The zero-order valence-electron chi connectivity index (χ0n) is 22.6. The Morgan fingerprint density at radius 2 is 0.559 bits per heavy atom. The average molecular weight is 553 g/mol. The predicted molar refractivity (Wildman–Crippen MR) is 147 cm³/mol. The summed E-state index contributed by atoms with van der Waals surface area (Å²) in [5.41, 5.74) is 0. The molecule has 3 N–H and O–H groups in total. The van der Waals surface area contributed by atoms with Crippen LogP contribution < -0.4 is 0 Å². The molecule has 0 spiro atoms. The van der Waals surface area contributed by atoms with Crippen LogP contribution >= 0.6 is 0 Å². The van der Waals surface area contributed by atoms with Crippen LogP contribution in [0.3, 0.4) is 0 Å². The van der Waals surface area contributed by atoms with E-state index in [9.17, 15) is 14.4 Å². The topological polar surface area (TPSA) is 112 Å². The van der Waals surface area contributed by atoms with E-state index >= 15 is 0 Å². The van der Waals surface area contributed by atoms with Crippen LogP contribution in [0.1, 0.15) is 156 Å². The van der Waals surface area contributed by atoms with E-state index in [0.717, 1.165) is 38.5 Å². The van der Waals surface area contributed by atoms with Crippen LogP contribution in [-0.2, 0) is 14.4 Å². The number of hydrogen-bond donors (Lipinski definition) is 3. The second kappa shape index (κ2) is 36.5. The van der Waals surface area contributed by atoms with E-state index in [2.05, 4.69) is 20.8 Å². The van der Waals surface area contributed by atoms with Crippen molar-refractivity contribution in [3.8, 4) is 0 Å². The van der Waals surface area contributed by atoms with Crippen molar-refractivity contribution in [3.63, 3.8) is 0 Å². The van der Waals surface area contributed by atoms with Gasteiger partial charge in [0.2, 0.25) is 0 Å². The van der Waals surface area contributed by atoms with Crippen molar-refractivity contribution in [2.24, 2.45) is 0 Å². The molecule has 34 heavy (non-hydrogen) atoms. The SMILES string of the molecule is CCCCCCCCC(=O)O.CCCCCCCCC(=O)O.CCCCCCCCC(=O)O.[AsH3]. The van der Waals surface area contributed by atoms with Crippen LogP contribution in [-0.4, -0.2) is 51.2 Å². The van der Waals surface area contributed by atoms with Gasteiger partial charge < -0.3 is 15.3 Å². The quantitative estimate of drug-likeness (QED) is 0.102. The van der Waals surface area contributed by atoms with Gasteiger partial charge in [0.15, 0.2) is 0 Å². The first-order chi connectivity index (χ1) is 15.8. The molecule has 1 unspecified atom stereocenters. The van der Waals surface area contributed by atoms with Gasteiger partial charge in [0, 0.05) is 19.3 Å². The van der Waals surface area contributed by atoms with Crippen LogP contribution in [0.25, 0.3) is 0 Å². The maximum absolute atomic E-state index is 10.1. The fourth-order valence-corrected chi connectivity index (χ4v) is 3.17. The van der Waals surface area contributed by atoms with Gasteiger partial charge in [0.25, 0.3) is 0 Å². The van der Waals surface area contributed by atoms with Crippen LogP contribution in [0, 0.1) is 0 Å². The molecular formula is C27H57AsO6. The average Bonchev–Trinajstić information content (AvgIpc) is 2.76. The number of carbonyl (C=O) groups is 3. The van der Waals surface area contributed by atoms with Gasteiger partial charge in [-0.3, -0.25) is 14.4 Å². The number of rotatable bonds is 21. The normalized spacial score (nSPS) is 9.62. The van der Waals surface area contributed by atoms with Crippen molar-refractivity contribution in [2.75, 3.05) is 0 Å². The van der Waals surface area contributed by atoms with Crippen molar-refractivity contribution < 1.29 is 29.7 Å². The number of aliphatic carboxylic acids is 3. The molecule has 6 nitrogen and oxygen atoms in total. The second-order valence-corrected chi connectivity index (χ2v) is 8.73. The molecule has 206 valence electrons. The summed E-state index contributed by atoms with van der Waals surface area (Å²) < 4.78 is 0. The van der Waals surface area contributed by atoms with Gasteiger partial charge in [-0.2, -0.15) is 0 Å². The third kappa shape index (κ3) is 52.7. The Labute approximate surface area is 221 Å². The first kappa shape index (κ1) is 40.2. The van der Waals surface area contributed by atoms with Crippen LogP contribution in [0.4, 0.5) is 0 Å². The summed E-state index contributed by atoms with van der Waals surface area (Å²) in [4.78, 5) is 30.3. The van der Waals surface area contributed by atoms with Crippen LogP contribution in [0.15, 0.2) is 0 Å². The Kier molecular flexibility index (Phi) is 43.1. The minimum absolute atomic E-state index is 0.